The summed E-state index contributed by atoms with van der Waals surface area (Å²) < 4.78 is 1.84. The normalized spacial score (nSPS) is 15.7. The second-order valence-electron chi connectivity index (χ2n) is 9.51. The van der Waals surface area contributed by atoms with E-state index in [1.165, 1.54) is 10.4 Å². The fourth-order valence-electron chi connectivity index (χ4n) is 4.62. The fourth-order valence-corrected chi connectivity index (χ4v) is 5.14. The Hall–Kier alpha value is -3.32. The Morgan fingerprint density at radius 1 is 0.875 bits per heavy atom. The monoisotopic (exact) mass is 674 g/mol. The summed E-state index contributed by atoms with van der Waals surface area (Å²) in [5.74, 6) is -2.23. The second-order valence-corrected chi connectivity index (χ2v) is 11.3. The predicted octanol–water partition coefficient (Wildman–Crippen LogP) is 3.71. The van der Waals surface area contributed by atoms with Gasteiger partial charge in [-0.15, -0.1) is 0 Å². The summed E-state index contributed by atoms with van der Waals surface area (Å²) in [6.45, 7) is 1.38. The first-order valence-electron chi connectivity index (χ1n) is 12.6. The molecule has 0 saturated heterocycles. The number of nitrogens with one attached hydrogen (secondary N) is 1. The number of halogens is 2. The topological polar surface area (TPSA) is 130 Å². The summed E-state index contributed by atoms with van der Waals surface area (Å²) in [7, 11) is 0. The minimum atomic E-state index is -1.30. The second kappa shape index (κ2) is 13.4. The van der Waals surface area contributed by atoms with Gasteiger partial charge >= 0.3 is 0 Å². The number of rotatable bonds is 11. The standard InChI is InChI=1S/C28H28Br2N4O6/c29-21-6-1-18(2-7-21)16-32-13-11-20(27(32)37)5-10-26(36)34(40)24(15-25(35)31-39)23-12-14-33(28(23)38)17-19-3-8-22(30)9-4-19/h1-4,6-9,11-12,24,39-40H,5,10,13-17H2,(H,31,35). The Bertz CT molecular complexity index is 1340. The van der Waals surface area contributed by atoms with Crippen LogP contribution in [-0.2, 0) is 32.3 Å². The zero-order valence-electron chi connectivity index (χ0n) is 21.4. The molecule has 0 radical (unpaired) electrons. The highest BCUT2D eigenvalue weighted by Crippen LogP contribution is 2.25. The van der Waals surface area contributed by atoms with Crippen LogP contribution in [-0.4, -0.2) is 68.0 Å². The van der Waals surface area contributed by atoms with Gasteiger partial charge in [-0.2, -0.15) is 0 Å². The molecule has 2 aliphatic rings. The van der Waals surface area contributed by atoms with Crippen LogP contribution in [0.2, 0.25) is 0 Å². The lowest BCUT2D eigenvalue weighted by molar-refractivity contribution is -0.174. The van der Waals surface area contributed by atoms with Gasteiger partial charge in [0.2, 0.25) is 17.7 Å². The zero-order chi connectivity index (χ0) is 28.8. The average Bonchev–Trinajstić information content (AvgIpc) is 3.48. The molecule has 12 heteroatoms. The van der Waals surface area contributed by atoms with Crippen molar-refractivity contribution in [2.24, 2.45) is 0 Å². The zero-order valence-corrected chi connectivity index (χ0v) is 24.6. The molecule has 2 aromatic rings. The van der Waals surface area contributed by atoms with E-state index in [9.17, 15) is 24.4 Å². The number of carbonyl (C=O) groups excluding carboxylic acids is 4. The summed E-state index contributed by atoms with van der Waals surface area (Å²) in [6.07, 6.45) is 2.69. The molecule has 4 rings (SSSR count). The van der Waals surface area contributed by atoms with Crippen LogP contribution in [0.1, 0.15) is 30.4 Å². The molecule has 2 aliphatic heterocycles. The molecule has 210 valence electrons. The van der Waals surface area contributed by atoms with Gasteiger partial charge in [0.1, 0.15) is 0 Å². The van der Waals surface area contributed by atoms with Crippen LogP contribution in [0.5, 0.6) is 0 Å². The first kappa shape index (κ1) is 29.7. The lowest BCUT2D eigenvalue weighted by Gasteiger charge is -2.27. The minimum Gasteiger partial charge on any atom is -0.331 e. The number of nitrogens with zero attached hydrogens (tertiary/aromatic N) is 3. The number of hydroxylamine groups is 3. The van der Waals surface area contributed by atoms with E-state index < -0.39 is 30.2 Å². The van der Waals surface area contributed by atoms with Crippen molar-refractivity contribution in [2.45, 2.75) is 38.4 Å². The van der Waals surface area contributed by atoms with E-state index in [2.05, 4.69) is 31.9 Å². The lowest BCUT2D eigenvalue weighted by Crippen LogP contribution is -2.44. The van der Waals surface area contributed by atoms with Gasteiger partial charge < -0.3 is 9.80 Å². The van der Waals surface area contributed by atoms with Gasteiger partial charge in [-0.25, -0.2) is 10.5 Å². The summed E-state index contributed by atoms with van der Waals surface area (Å²) in [5.41, 5.74) is 3.88. The molecule has 0 fully saturated rings. The molecule has 4 amide bonds. The smallest absolute Gasteiger partial charge is 0.252 e. The van der Waals surface area contributed by atoms with E-state index in [4.69, 9.17) is 5.21 Å². The molecule has 2 heterocycles. The molecule has 0 saturated carbocycles. The third-order valence-electron chi connectivity index (χ3n) is 6.78. The van der Waals surface area contributed by atoms with Crippen molar-refractivity contribution >= 4 is 55.5 Å². The predicted molar refractivity (Wildman–Crippen MR) is 151 cm³/mol. The SMILES string of the molecule is O=C(CC(C1=CCN(Cc2ccc(Br)cc2)C1=O)N(O)C(=O)CCC1=CCN(Cc2ccc(Br)cc2)C1=O)NO. The molecule has 0 aliphatic carbocycles. The molecule has 0 bridgehead atoms. The van der Waals surface area contributed by atoms with E-state index >= 15 is 0 Å². The molecule has 1 unspecified atom stereocenters. The lowest BCUT2D eigenvalue weighted by atomic mass is 10.0. The molecular weight excluding hydrogens is 648 g/mol. The summed E-state index contributed by atoms with van der Waals surface area (Å²) >= 11 is 6.76. The molecule has 2 aromatic carbocycles. The number of hydrogen-bond acceptors (Lipinski definition) is 6. The Morgan fingerprint density at radius 2 is 1.40 bits per heavy atom. The molecule has 0 aromatic heterocycles. The van der Waals surface area contributed by atoms with Gasteiger partial charge in [-0.05, 0) is 41.8 Å². The van der Waals surface area contributed by atoms with Crippen molar-refractivity contribution in [2.75, 3.05) is 13.1 Å². The van der Waals surface area contributed by atoms with Gasteiger partial charge in [0.05, 0.1) is 12.5 Å². The van der Waals surface area contributed by atoms with Crippen LogP contribution < -0.4 is 5.48 Å². The molecule has 0 spiro atoms. The van der Waals surface area contributed by atoms with Crippen molar-refractivity contribution < 1.29 is 29.6 Å². The van der Waals surface area contributed by atoms with Crippen LogP contribution in [0.15, 0.2) is 80.8 Å². The summed E-state index contributed by atoms with van der Waals surface area (Å²) in [4.78, 5) is 54.2. The third kappa shape index (κ3) is 7.25. The maximum absolute atomic E-state index is 13.2. The fraction of sp³-hybridized carbons (Fsp3) is 0.286. The van der Waals surface area contributed by atoms with Crippen molar-refractivity contribution in [1.82, 2.24) is 20.3 Å². The first-order chi connectivity index (χ1) is 19.2. The van der Waals surface area contributed by atoms with Gasteiger partial charge in [0, 0.05) is 52.7 Å². The van der Waals surface area contributed by atoms with Crippen LogP contribution in [0, 0.1) is 0 Å². The molecule has 10 nitrogen and oxygen atoms in total. The van der Waals surface area contributed by atoms with Gasteiger partial charge in [0.25, 0.3) is 5.91 Å². The van der Waals surface area contributed by atoms with E-state index in [0.29, 0.717) is 30.3 Å². The molecule has 1 atom stereocenters. The van der Waals surface area contributed by atoms with Crippen LogP contribution >= 0.6 is 31.9 Å². The molecule has 3 N–H and O–H groups in total. The largest absolute Gasteiger partial charge is 0.331 e. The van der Waals surface area contributed by atoms with E-state index in [1.54, 1.807) is 17.1 Å². The highest BCUT2D eigenvalue weighted by molar-refractivity contribution is 9.10. The molecule has 40 heavy (non-hydrogen) atoms. The van der Waals surface area contributed by atoms with Crippen molar-refractivity contribution in [1.29, 1.82) is 0 Å². The van der Waals surface area contributed by atoms with Crippen LogP contribution in [0.4, 0.5) is 0 Å². The Labute approximate surface area is 248 Å². The van der Waals surface area contributed by atoms with Crippen molar-refractivity contribution in [3.05, 3.63) is 91.9 Å². The quantitative estimate of drug-likeness (QED) is 0.246. The number of hydrogen-bond donors (Lipinski definition) is 3. The van der Waals surface area contributed by atoms with E-state index in [-0.39, 0.29) is 30.9 Å². The van der Waals surface area contributed by atoms with Crippen molar-refractivity contribution in [3.63, 3.8) is 0 Å². The minimum absolute atomic E-state index is 0.0772. The number of benzene rings is 2. The van der Waals surface area contributed by atoms with Crippen molar-refractivity contribution in [3.8, 4) is 0 Å². The summed E-state index contributed by atoms with van der Waals surface area (Å²) in [5, 5.41) is 20.2. The van der Waals surface area contributed by atoms with E-state index in [1.807, 2.05) is 48.5 Å². The Morgan fingerprint density at radius 3 is 1.95 bits per heavy atom. The number of carbonyl (C=O) groups is 4. The van der Waals surface area contributed by atoms with Crippen LogP contribution in [0.25, 0.3) is 0 Å². The van der Waals surface area contributed by atoms with Crippen LogP contribution in [0.3, 0.4) is 0 Å². The first-order valence-corrected chi connectivity index (χ1v) is 14.1. The third-order valence-corrected chi connectivity index (χ3v) is 7.84. The average molecular weight is 676 g/mol. The van der Waals surface area contributed by atoms with Gasteiger partial charge in [0.15, 0.2) is 0 Å². The molecular formula is C28H28Br2N4O6. The van der Waals surface area contributed by atoms with Gasteiger partial charge in [-0.1, -0.05) is 68.3 Å². The summed E-state index contributed by atoms with van der Waals surface area (Å²) in [6, 6.07) is 13.8. The highest BCUT2D eigenvalue weighted by Gasteiger charge is 2.36. The highest BCUT2D eigenvalue weighted by atomic mass is 79.9. The maximum Gasteiger partial charge on any atom is 0.252 e. The Kier molecular flexibility index (Phi) is 9.90. The maximum atomic E-state index is 13.2. The Balaban J connectivity index is 1.36. The number of amides is 4. The van der Waals surface area contributed by atoms with Gasteiger partial charge in [-0.3, -0.25) is 29.6 Å². The van der Waals surface area contributed by atoms with E-state index in [0.717, 1.165) is 20.1 Å².